The van der Waals surface area contributed by atoms with Crippen LogP contribution in [0.3, 0.4) is 0 Å². The Hall–Kier alpha value is -1.59. The van der Waals surface area contributed by atoms with Crippen molar-refractivity contribution in [3.05, 3.63) is 0 Å². The van der Waals surface area contributed by atoms with Crippen molar-refractivity contribution in [2.75, 3.05) is 0 Å². The summed E-state index contributed by atoms with van der Waals surface area (Å²) in [5.41, 5.74) is -1.27. The Kier molecular flexibility index (Phi) is 3.28. The second-order valence-electron chi connectivity index (χ2n) is 6.19. The fourth-order valence-electron chi connectivity index (χ4n) is 2.52. The third kappa shape index (κ3) is 2.88. The van der Waals surface area contributed by atoms with Gasteiger partial charge in [0.1, 0.15) is 5.60 Å². The highest BCUT2D eigenvalue weighted by Gasteiger charge is 2.54. The predicted molar refractivity (Wildman–Crippen MR) is 65.2 cm³/mol. The van der Waals surface area contributed by atoms with Gasteiger partial charge in [0.05, 0.1) is 17.9 Å². The zero-order valence-corrected chi connectivity index (χ0v) is 11.4. The van der Waals surface area contributed by atoms with E-state index in [0.717, 1.165) is 6.42 Å². The fourth-order valence-corrected chi connectivity index (χ4v) is 2.52. The van der Waals surface area contributed by atoms with Crippen molar-refractivity contribution >= 4 is 18.0 Å². The third-order valence-corrected chi connectivity index (χ3v) is 3.53. The summed E-state index contributed by atoms with van der Waals surface area (Å²) in [5, 5.41) is 2.77. The largest absolute Gasteiger partial charge is 0.444 e. The molecule has 2 rings (SSSR count). The van der Waals surface area contributed by atoms with E-state index in [2.05, 4.69) is 10.1 Å². The summed E-state index contributed by atoms with van der Waals surface area (Å²) in [5.74, 6) is -1.64. The Morgan fingerprint density at radius 1 is 1.37 bits per heavy atom. The lowest BCUT2D eigenvalue weighted by atomic mass is 9.67. The number of esters is 2. The van der Waals surface area contributed by atoms with Gasteiger partial charge in [-0.2, -0.15) is 0 Å². The van der Waals surface area contributed by atoms with Crippen LogP contribution in [-0.4, -0.2) is 29.2 Å². The maximum atomic E-state index is 11.8. The summed E-state index contributed by atoms with van der Waals surface area (Å²) in [6.45, 7) is 5.31. The topological polar surface area (TPSA) is 81.7 Å². The van der Waals surface area contributed by atoms with Crippen LogP contribution in [0.1, 0.15) is 46.5 Å². The molecule has 0 spiro atoms. The van der Waals surface area contributed by atoms with E-state index in [0.29, 0.717) is 12.8 Å². The molecule has 1 saturated heterocycles. The first-order valence-electron chi connectivity index (χ1n) is 6.48. The number of carbonyl (C=O) groups is 3. The van der Waals surface area contributed by atoms with Crippen LogP contribution in [0.2, 0.25) is 0 Å². The van der Waals surface area contributed by atoms with Crippen molar-refractivity contribution < 1.29 is 23.9 Å². The highest BCUT2D eigenvalue weighted by molar-refractivity contribution is 5.96. The molecule has 1 N–H and O–H groups in total. The highest BCUT2D eigenvalue weighted by atomic mass is 16.6. The van der Waals surface area contributed by atoms with Crippen LogP contribution in [0.25, 0.3) is 0 Å². The van der Waals surface area contributed by atoms with Gasteiger partial charge in [-0.25, -0.2) is 4.79 Å². The number of hydrogen-bond donors (Lipinski definition) is 1. The van der Waals surface area contributed by atoms with Gasteiger partial charge in [0.15, 0.2) is 0 Å². The second kappa shape index (κ2) is 4.51. The van der Waals surface area contributed by atoms with Crippen molar-refractivity contribution in [3.8, 4) is 0 Å². The number of hydrogen-bond acceptors (Lipinski definition) is 5. The summed E-state index contributed by atoms with van der Waals surface area (Å²) < 4.78 is 9.77. The molecule has 106 valence electrons. The monoisotopic (exact) mass is 269 g/mol. The van der Waals surface area contributed by atoms with Gasteiger partial charge in [-0.05, 0) is 40.0 Å². The predicted octanol–water partition coefficient (Wildman–Crippen LogP) is 1.52. The number of cyclic esters (lactones) is 2. The minimum Gasteiger partial charge on any atom is -0.444 e. The zero-order chi connectivity index (χ0) is 14.3. The van der Waals surface area contributed by atoms with Crippen molar-refractivity contribution in [2.24, 2.45) is 5.92 Å². The van der Waals surface area contributed by atoms with Gasteiger partial charge in [-0.15, -0.1) is 0 Å². The minimum absolute atomic E-state index is 0.0363. The summed E-state index contributed by atoms with van der Waals surface area (Å²) in [7, 11) is 0. The molecule has 1 unspecified atom stereocenters. The van der Waals surface area contributed by atoms with Crippen LogP contribution >= 0.6 is 0 Å². The van der Waals surface area contributed by atoms with Gasteiger partial charge in [0.25, 0.3) is 0 Å². The molecule has 2 fully saturated rings. The van der Waals surface area contributed by atoms with E-state index < -0.39 is 35.1 Å². The van der Waals surface area contributed by atoms with E-state index >= 15 is 0 Å². The van der Waals surface area contributed by atoms with Crippen molar-refractivity contribution in [2.45, 2.75) is 57.6 Å². The molecule has 0 bridgehead atoms. The molecule has 1 saturated carbocycles. The van der Waals surface area contributed by atoms with Gasteiger partial charge < -0.3 is 14.8 Å². The molecule has 6 nitrogen and oxygen atoms in total. The highest BCUT2D eigenvalue weighted by Crippen LogP contribution is 2.43. The van der Waals surface area contributed by atoms with Gasteiger partial charge in [-0.3, -0.25) is 9.59 Å². The van der Waals surface area contributed by atoms with Crippen molar-refractivity contribution in [1.82, 2.24) is 5.32 Å². The van der Waals surface area contributed by atoms with Gasteiger partial charge in [0, 0.05) is 0 Å². The first-order chi connectivity index (χ1) is 8.72. The number of nitrogens with one attached hydrogen (secondary N) is 1. The standard InChI is InChI=1S/C13H19NO5/c1-12(2,3)19-11(17)14-13(5-4-6-13)8-7-9(15)18-10(8)16/h8H,4-7H2,1-3H3,(H,14,17). The third-order valence-electron chi connectivity index (χ3n) is 3.53. The van der Waals surface area contributed by atoms with E-state index in [9.17, 15) is 14.4 Å². The molecular weight excluding hydrogens is 250 g/mol. The summed E-state index contributed by atoms with van der Waals surface area (Å²) in [6, 6.07) is 0. The fraction of sp³-hybridized carbons (Fsp3) is 0.769. The summed E-state index contributed by atoms with van der Waals surface area (Å²) >= 11 is 0. The van der Waals surface area contributed by atoms with Gasteiger partial charge in [-0.1, -0.05) is 0 Å². The molecule has 19 heavy (non-hydrogen) atoms. The molecular formula is C13H19NO5. The molecule has 6 heteroatoms. The lowest BCUT2D eigenvalue weighted by Gasteiger charge is -2.45. The normalized spacial score (nSPS) is 25.5. The van der Waals surface area contributed by atoms with E-state index in [1.165, 1.54) is 0 Å². The Balaban J connectivity index is 2.05. The average molecular weight is 269 g/mol. The molecule has 1 aliphatic carbocycles. The quantitative estimate of drug-likeness (QED) is 0.607. The lowest BCUT2D eigenvalue weighted by Crippen LogP contribution is -2.60. The molecule has 1 aliphatic heterocycles. The van der Waals surface area contributed by atoms with Crippen molar-refractivity contribution in [1.29, 1.82) is 0 Å². The molecule has 0 radical (unpaired) electrons. The number of rotatable bonds is 2. The van der Waals surface area contributed by atoms with Crippen LogP contribution in [-0.2, 0) is 19.1 Å². The van der Waals surface area contributed by atoms with Crippen molar-refractivity contribution in [3.63, 3.8) is 0 Å². The van der Waals surface area contributed by atoms with Crippen LogP contribution in [0.4, 0.5) is 4.79 Å². The van der Waals surface area contributed by atoms with Crippen LogP contribution in [0.5, 0.6) is 0 Å². The van der Waals surface area contributed by atoms with Crippen LogP contribution in [0, 0.1) is 5.92 Å². The van der Waals surface area contributed by atoms with Crippen LogP contribution in [0.15, 0.2) is 0 Å². The smallest absolute Gasteiger partial charge is 0.408 e. The number of ether oxygens (including phenoxy) is 2. The molecule has 0 aromatic rings. The molecule has 1 atom stereocenters. The van der Waals surface area contributed by atoms with E-state index in [-0.39, 0.29) is 6.42 Å². The lowest BCUT2D eigenvalue weighted by molar-refractivity contribution is -0.154. The van der Waals surface area contributed by atoms with E-state index in [4.69, 9.17) is 4.74 Å². The Morgan fingerprint density at radius 3 is 2.37 bits per heavy atom. The molecule has 1 heterocycles. The second-order valence-corrected chi connectivity index (χ2v) is 6.19. The molecule has 2 aliphatic rings. The number of alkyl carbamates (subject to hydrolysis) is 1. The van der Waals surface area contributed by atoms with Crippen LogP contribution < -0.4 is 5.32 Å². The van der Waals surface area contributed by atoms with Gasteiger partial charge in [0.2, 0.25) is 0 Å². The zero-order valence-electron chi connectivity index (χ0n) is 11.4. The molecule has 0 aromatic heterocycles. The summed E-state index contributed by atoms with van der Waals surface area (Å²) in [6.07, 6.45) is 1.72. The van der Waals surface area contributed by atoms with E-state index in [1.807, 2.05) is 0 Å². The minimum atomic E-state index is -0.675. The Labute approximate surface area is 111 Å². The Bertz CT molecular complexity index is 419. The maximum Gasteiger partial charge on any atom is 0.408 e. The maximum absolute atomic E-state index is 11.8. The molecule has 0 aromatic carbocycles. The number of carbonyl (C=O) groups excluding carboxylic acids is 3. The summed E-state index contributed by atoms with van der Waals surface area (Å²) in [4.78, 5) is 34.7. The SMILES string of the molecule is CC(C)(C)OC(=O)NC1(C2CC(=O)OC2=O)CCC1. The first kappa shape index (κ1) is 13.8. The average Bonchev–Trinajstić information content (AvgIpc) is 2.49. The van der Waals surface area contributed by atoms with E-state index in [1.54, 1.807) is 20.8 Å². The first-order valence-corrected chi connectivity index (χ1v) is 6.48. The molecule has 1 amide bonds. The number of amides is 1. The van der Waals surface area contributed by atoms with Gasteiger partial charge >= 0.3 is 18.0 Å². The Morgan fingerprint density at radius 2 is 2.00 bits per heavy atom.